The Bertz CT molecular complexity index is 593. The quantitative estimate of drug-likeness (QED) is 0.730. The van der Waals surface area contributed by atoms with Gasteiger partial charge in [-0.15, -0.1) is 0 Å². The molecule has 118 valence electrons. The minimum Gasteiger partial charge on any atom is -0.397 e. The second-order valence-electron chi connectivity index (χ2n) is 6.18. The van der Waals surface area contributed by atoms with Gasteiger partial charge in [-0.2, -0.15) is 0 Å². The Morgan fingerprint density at radius 3 is 2.52 bits per heavy atom. The van der Waals surface area contributed by atoms with Crippen molar-refractivity contribution in [2.75, 3.05) is 24.6 Å². The molecule has 2 rings (SSSR count). The molecule has 5 nitrogen and oxygen atoms in total. The van der Waals surface area contributed by atoms with E-state index in [-0.39, 0.29) is 10.3 Å². The molecule has 1 aliphatic carbocycles. The summed E-state index contributed by atoms with van der Waals surface area (Å²) in [7, 11) is -2.04. The van der Waals surface area contributed by atoms with Crippen molar-refractivity contribution >= 4 is 21.4 Å². The smallest absolute Gasteiger partial charge is 0.240 e. The summed E-state index contributed by atoms with van der Waals surface area (Å²) in [4.78, 5) is 0.232. The van der Waals surface area contributed by atoms with Crippen LogP contribution in [0.15, 0.2) is 23.1 Å². The number of anilines is 2. The fourth-order valence-corrected chi connectivity index (χ4v) is 3.62. The SMILES string of the molecule is CNS(=O)(=O)c1ccc(N)c(NCC2(C)CCCCC2)c1. The Morgan fingerprint density at radius 2 is 1.90 bits per heavy atom. The Labute approximate surface area is 127 Å². The second kappa shape index (κ2) is 6.23. The van der Waals surface area contributed by atoms with Crippen molar-refractivity contribution < 1.29 is 8.42 Å². The van der Waals surface area contributed by atoms with Crippen LogP contribution in [0.3, 0.4) is 0 Å². The Morgan fingerprint density at radius 1 is 1.24 bits per heavy atom. The van der Waals surface area contributed by atoms with Crippen LogP contribution in [0, 0.1) is 5.41 Å². The lowest BCUT2D eigenvalue weighted by Crippen LogP contribution is -2.29. The normalized spacial score (nSPS) is 18.4. The molecule has 0 unspecified atom stereocenters. The van der Waals surface area contributed by atoms with E-state index in [1.54, 1.807) is 12.1 Å². The monoisotopic (exact) mass is 311 g/mol. The van der Waals surface area contributed by atoms with Crippen molar-refractivity contribution in [3.63, 3.8) is 0 Å². The zero-order chi connectivity index (χ0) is 15.5. The Kier molecular flexibility index (Phi) is 4.78. The first-order chi connectivity index (χ1) is 9.86. The van der Waals surface area contributed by atoms with E-state index in [2.05, 4.69) is 17.0 Å². The van der Waals surface area contributed by atoms with Gasteiger partial charge < -0.3 is 11.1 Å². The molecule has 1 aromatic rings. The molecule has 4 N–H and O–H groups in total. The third-order valence-corrected chi connectivity index (χ3v) is 5.78. The van der Waals surface area contributed by atoms with Crippen LogP contribution in [0.4, 0.5) is 11.4 Å². The van der Waals surface area contributed by atoms with Crippen molar-refractivity contribution in [3.05, 3.63) is 18.2 Å². The molecular weight excluding hydrogens is 286 g/mol. The maximum atomic E-state index is 11.9. The van der Waals surface area contributed by atoms with Crippen LogP contribution in [-0.4, -0.2) is 22.0 Å². The van der Waals surface area contributed by atoms with Crippen LogP contribution in [0.25, 0.3) is 0 Å². The predicted octanol–water partition coefficient (Wildman–Crippen LogP) is 2.56. The van der Waals surface area contributed by atoms with Gasteiger partial charge in [-0.1, -0.05) is 26.2 Å². The van der Waals surface area contributed by atoms with Gasteiger partial charge in [-0.3, -0.25) is 0 Å². The number of hydrogen-bond donors (Lipinski definition) is 3. The number of sulfonamides is 1. The Balaban J connectivity index is 2.14. The van der Waals surface area contributed by atoms with Crippen LogP contribution >= 0.6 is 0 Å². The lowest BCUT2D eigenvalue weighted by atomic mass is 9.76. The first kappa shape index (κ1) is 16.1. The summed E-state index contributed by atoms with van der Waals surface area (Å²) in [5.74, 6) is 0. The highest BCUT2D eigenvalue weighted by Gasteiger charge is 2.26. The van der Waals surface area contributed by atoms with Gasteiger partial charge in [0.15, 0.2) is 0 Å². The van der Waals surface area contributed by atoms with E-state index in [1.807, 2.05) is 0 Å². The number of nitrogen functional groups attached to an aromatic ring is 1. The maximum Gasteiger partial charge on any atom is 0.240 e. The fourth-order valence-electron chi connectivity index (χ4n) is 2.86. The highest BCUT2D eigenvalue weighted by molar-refractivity contribution is 7.89. The molecule has 0 spiro atoms. The molecule has 1 aromatic carbocycles. The molecule has 1 fully saturated rings. The zero-order valence-electron chi connectivity index (χ0n) is 12.8. The van der Waals surface area contributed by atoms with Crippen molar-refractivity contribution in [3.8, 4) is 0 Å². The largest absolute Gasteiger partial charge is 0.397 e. The third kappa shape index (κ3) is 3.89. The summed E-state index contributed by atoms with van der Waals surface area (Å²) in [5.41, 5.74) is 7.49. The minimum atomic E-state index is -3.44. The molecular formula is C15H25N3O2S. The minimum absolute atomic E-state index is 0.232. The van der Waals surface area contributed by atoms with E-state index < -0.39 is 10.0 Å². The average Bonchev–Trinajstić information content (AvgIpc) is 2.47. The highest BCUT2D eigenvalue weighted by atomic mass is 32.2. The molecule has 21 heavy (non-hydrogen) atoms. The second-order valence-corrected chi connectivity index (χ2v) is 8.07. The van der Waals surface area contributed by atoms with Gasteiger partial charge >= 0.3 is 0 Å². The van der Waals surface area contributed by atoms with Gasteiger partial charge in [0.1, 0.15) is 0 Å². The number of benzene rings is 1. The molecule has 0 aliphatic heterocycles. The van der Waals surface area contributed by atoms with Gasteiger partial charge in [-0.05, 0) is 43.5 Å². The summed E-state index contributed by atoms with van der Waals surface area (Å²) in [6.45, 7) is 3.10. The summed E-state index contributed by atoms with van der Waals surface area (Å²) in [6, 6.07) is 4.76. The molecule has 1 saturated carbocycles. The molecule has 1 aliphatic rings. The van der Waals surface area contributed by atoms with Crippen LogP contribution in [0.5, 0.6) is 0 Å². The number of nitrogens with two attached hydrogens (primary N) is 1. The molecule has 0 atom stereocenters. The topological polar surface area (TPSA) is 84.2 Å². The van der Waals surface area contributed by atoms with E-state index >= 15 is 0 Å². The van der Waals surface area contributed by atoms with Gasteiger partial charge in [0, 0.05) is 6.54 Å². The number of nitrogens with one attached hydrogen (secondary N) is 2. The van der Waals surface area contributed by atoms with Crippen LogP contribution in [0.2, 0.25) is 0 Å². The van der Waals surface area contributed by atoms with Crippen molar-refractivity contribution in [1.82, 2.24) is 4.72 Å². The summed E-state index contributed by atoms with van der Waals surface area (Å²) >= 11 is 0. The molecule has 0 aromatic heterocycles. The first-order valence-corrected chi connectivity index (χ1v) is 8.92. The average molecular weight is 311 g/mol. The van der Waals surface area contributed by atoms with E-state index in [0.29, 0.717) is 11.4 Å². The van der Waals surface area contributed by atoms with Crippen molar-refractivity contribution in [2.24, 2.45) is 5.41 Å². The number of hydrogen-bond acceptors (Lipinski definition) is 4. The van der Waals surface area contributed by atoms with Crippen molar-refractivity contribution in [2.45, 2.75) is 43.9 Å². The molecule has 6 heteroatoms. The summed E-state index contributed by atoms with van der Waals surface area (Å²) in [5, 5.41) is 3.34. The van der Waals surface area contributed by atoms with E-state index in [9.17, 15) is 8.42 Å². The third-order valence-electron chi connectivity index (χ3n) is 4.37. The van der Waals surface area contributed by atoms with Gasteiger partial charge in [0.05, 0.1) is 16.3 Å². The van der Waals surface area contributed by atoms with Crippen LogP contribution in [0.1, 0.15) is 39.0 Å². The lowest BCUT2D eigenvalue weighted by Gasteiger charge is -2.34. The first-order valence-electron chi connectivity index (χ1n) is 7.43. The summed E-state index contributed by atoms with van der Waals surface area (Å²) in [6.07, 6.45) is 6.25. The standard InChI is InChI=1S/C15H25N3O2S/c1-15(8-4-3-5-9-15)11-18-14-10-12(6-7-13(14)16)21(19,20)17-2/h6-7,10,17-18H,3-5,8-9,11,16H2,1-2H3. The molecule has 0 heterocycles. The van der Waals surface area contributed by atoms with Crippen LogP contribution in [-0.2, 0) is 10.0 Å². The highest BCUT2D eigenvalue weighted by Crippen LogP contribution is 2.36. The van der Waals surface area contributed by atoms with Crippen molar-refractivity contribution in [1.29, 1.82) is 0 Å². The lowest BCUT2D eigenvalue weighted by molar-refractivity contribution is 0.233. The van der Waals surface area contributed by atoms with E-state index in [1.165, 1.54) is 45.2 Å². The zero-order valence-corrected chi connectivity index (χ0v) is 13.6. The van der Waals surface area contributed by atoms with Crippen LogP contribution < -0.4 is 15.8 Å². The predicted molar refractivity (Wildman–Crippen MR) is 86.8 cm³/mol. The van der Waals surface area contributed by atoms with E-state index in [0.717, 1.165) is 6.54 Å². The summed E-state index contributed by atoms with van der Waals surface area (Å²) < 4.78 is 26.0. The Hall–Kier alpha value is -1.27. The maximum absolute atomic E-state index is 11.9. The molecule has 0 bridgehead atoms. The molecule has 0 saturated heterocycles. The number of rotatable bonds is 5. The molecule has 0 amide bonds. The van der Waals surface area contributed by atoms with E-state index in [4.69, 9.17) is 5.73 Å². The fraction of sp³-hybridized carbons (Fsp3) is 0.600. The van der Waals surface area contributed by atoms with Gasteiger partial charge in [0.25, 0.3) is 0 Å². The van der Waals surface area contributed by atoms with Gasteiger partial charge in [-0.25, -0.2) is 13.1 Å². The molecule has 0 radical (unpaired) electrons. The van der Waals surface area contributed by atoms with Gasteiger partial charge in [0.2, 0.25) is 10.0 Å².